The molecule has 1 aromatic carbocycles. The molecule has 152 valence electrons. The summed E-state index contributed by atoms with van der Waals surface area (Å²) in [6.45, 7) is 4.70. The van der Waals surface area contributed by atoms with E-state index >= 15 is 0 Å². The number of anilines is 2. The molecule has 0 saturated carbocycles. The molecule has 0 bridgehead atoms. The van der Waals surface area contributed by atoms with Crippen LogP contribution in [0.4, 0.5) is 11.6 Å². The van der Waals surface area contributed by atoms with Gasteiger partial charge < -0.3 is 29.4 Å². The smallest absolute Gasteiger partial charge is 0.254 e. The predicted octanol–water partition coefficient (Wildman–Crippen LogP) is 2.58. The lowest BCUT2D eigenvalue weighted by Gasteiger charge is -2.27. The second-order valence-electron chi connectivity index (χ2n) is 6.47. The number of H-pyrrole nitrogens is 1. The summed E-state index contributed by atoms with van der Waals surface area (Å²) in [5.74, 6) is 1.35. The van der Waals surface area contributed by atoms with Gasteiger partial charge in [-0.1, -0.05) is 0 Å². The van der Waals surface area contributed by atoms with E-state index in [9.17, 15) is 4.79 Å². The average molecular weight is 397 g/mol. The number of aromatic amines is 1. The lowest BCUT2D eigenvalue weighted by atomic mass is 10.1. The highest BCUT2D eigenvalue weighted by molar-refractivity contribution is 5.95. The summed E-state index contributed by atoms with van der Waals surface area (Å²) in [6, 6.07) is 7.14. The minimum atomic E-state index is -0.0409. The topological polar surface area (TPSA) is 102 Å². The Balaban J connectivity index is 1.60. The number of aromatic nitrogens is 3. The van der Waals surface area contributed by atoms with Crippen molar-refractivity contribution in [2.24, 2.45) is 0 Å². The number of carbonyl (C=O) groups excluding carboxylic acids is 1. The molecule has 1 saturated heterocycles. The highest BCUT2D eigenvalue weighted by Gasteiger charge is 2.20. The van der Waals surface area contributed by atoms with Crippen LogP contribution in [-0.2, 0) is 4.74 Å². The second kappa shape index (κ2) is 8.36. The second-order valence-corrected chi connectivity index (χ2v) is 6.47. The van der Waals surface area contributed by atoms with E-state index in [1.807, 2.05) is 13.0 Å². The molecule has 1 aliphatic rings. The SMILES string of the molecule is CCOc1nc(Nc2ccc(C(=O)N3CCOCC3)cc2OC)nc2[nH]ccc12. The molecule has 9 nitrogen and oxygen atoms in total. The van der Waals surface area contributed by atoms with E-state index in [0.717, 1.165) is 5.39 Å². The standard InChI is InChI=1S/C20H23N5O4/c1-3-29-18-14-6-7-21-17(14)23-20(24-18)22-15-5-4-13(12-16(15)27-2)19(26)25-8-10-28-11-9-25/h4-7,12H,3,8-11H2,1-2H3,(H2,21,22,23,24). The highest BCUT2D eigenvalue weighted by atomic mass is 16.5. The van der Waals surface area contributed by atoms with E-state index in [-0.39, 0.29) is 5.91 Å². The number of rotatable bonds is 6. The first kappa shape index (κ1) is 19.0. The van der Waals surface area contributed by atoms with Crippen molar-refractivity contribution in [3.05, 3.63) is 36.0 Å². The van der Waals surface area contributed by atoms with Gasteiger partial charge in [0.25, 0.3) is 5.91 Å². The molecule has 0 spiro atoms. The molecule has 3 heterocycles. The zero-order chi connectivity index (χ0) is 20.2. The van der Waals surface area contributed by atoms with E-state index in [1.165, 1.54) is 0 Å². The number of hydrogen-bond donors (Lipinski definition) is 2. The third-order valence-corrected chi connectivity index (χ3v) is 4.66. The number of hydrogen-bond acceptors (Lipinski definition) is 7. The molecule has 0 aliphatic carbocycles. The number of nitrogens with zero attached hydrogens (tertiary/aromatic N) is 3. The largest absolute Gasteiger partial charge is 0.495 e. The van der Waals surface area contributed by atoms with E-state index in [4.69, 9.17) is 14.2 Å². The maximum Gasteiger partial charge on any atom is 0.254 e. The first-order chi connectivity index (χ1) is 14.2. The Bertz CT molecular complexity index is 1010. The maximum atomic E-state index is 12.7. The molecule has 0 radical (unpaired) electrons. The van der Waals surface area contributed by atoms with Gasteiger partial charge in [-0.05, 0) is 31.2 Å². The Morgan fingerprint density at radius 2 is 2.10 bits per heavy atom. The molecule has 3 aromatic rings. The maximum absolute atomic E-state index is 12.7. The number of morpholine rings is 1. The summed E-state index contributed by atoms with van der Waals surface area (Å²) in [7, 11) is 1.56. The molecule has 2 N–H and O–H groups in total. The molecule has 29 heavy (non-hydrogen) atoms. The van der Waals surface area contributed by atoms with Crippen molar-refractivity contribution < 1.29 is 19.0 Å². The van der Waals surface area contributed by atoms with Crippen LogP contribution < -0.4 is 14.8 Å². The van der Waals surface area contributed by atoms with Crippen LogP contribution in [-0.4, -0.2) is 65.8 Å². The molecule has 1 amide bonds. The van der Waals surface area contributed by atoms with Crippen molar-refractivity contribution in [2.75, 3.05) is 45.3 Å². The van der Waals surface area contributed by atoms with Crippen LogP contribution in [0, 0.1) is 0 Å². The van der Waals surface area contributed by atoms with Crippen molar-refractivity contribution in [3.8, 4) is 11.6 Å². The zero-order valence-corrected chi connectivity index (χ0v) is 16.4. The van der Waals surface area contributed by atoms with Crippen molar-refractivity contribution >= 4 is 28.6 Å². The molecule has 4 rings (SSSR count). The summed E-state index contributed by atoms with van der Waals surface area (Å²) in [6.07, 6.45) is 1.79. The van der Waals surface area contributed by atoms with Gasteiger partial charge in [-0.3, -0.25) is 4.79 Å². The first-order valence-electron chi connectivity index (χ1n) is 9.49. The van der Waals surface area contributed by atoms with E-state index in [2.05, 4.69) is 20.3 Å². The van der Waals surface area contributed by atoms with E-state index in [0.29, 0.717) is 67.4 Å². The molecule has 2 aromatic heterocycles. The van der Waals surface area contributed by atoms with Gasteiger partial charge in [0.2, 0.25) is 11.8 Å². The molecular formula is C20H23N5O4. The summed E-state index contributed by atoms with van der Waals surface area (Å²) in [5, 5.41) is 3.97. The van der Waals surface area contributed by atoms with Crippen LogP contribution in [0.3, 0.4) is 0 Å². The zero-order valence-electron chi connectivity index (χ0n) is 16.4. The Morgan fingerprint density at radius 3 is 2.86 bits per heavy atom. The molecular weight excluding hydrogens is 374 g/mol. The number of carbonyl (C=O) groups is 1. The van der Waals surface area contributed by atoms with Crippen molar-refractivity contribution in [1.29, 1.82) is 0 Å². The minimum Gasteiger partial charge on any atom is -0.495 e. The fraction of sp³-hybridized carbons (Fsp3) is 0.350. The summed E-state index contributed by atoms with van der Waals surface area (Å²) < 4.78 is 16.4. The van der Waals surface area contributed by atoms with Gasteiger partial charge >= 0.3 is 0 Å². The quantitative estimate of drug-likeness (QED) is 0.659. The number of amides is 1. The lowest BCUT2D eigenvalue weighted by Crippen LogP contribution is -2.40. The van der Waals surface area contributed by atoms with E-state index in [1.54, 1.807) is 36.4 Å². The fourth-order valence-electron chi connectivity index (χ4n) is 3.21. The van der Waals surface area contributed by atoms with Crippen LogP contribution in [0.15, 0.2) is 30.5 Å². The Morgan fingerprint density at radius 1 is 1.28 bits per heavy atom. The normalized spacial score (nSPS) is 14.1. The predicted molar refractivity (Wildman–Crippen MR) is 108 cm³/mol. The third kappa shape index (κ3) is 3.95. The van der Waals surface area contributed by atoms with Gasteiger partial charge in [0.15, 0.2) is 0 Å². The van der Waals surface area contributed by atoms with Gasteiger partial charge in [0.1, 0.15) is 11.4 Å². The third-order valence-electron chi connectivity index (χ3n) is 4.66. The van der Waals surface area contributed by atoms with Crippen molar-refractivity contribution in [2.45, 2.75) is 6.92 Å². The molecule has 0 atom stereocenters. The number of nitrogens with one attached hydrogen (secondary N) is 2. The van der Waals surface area contributed by atoms with Crippen LogP contribution in [0.2, 0.25) is 0 Å². The van der Waals surface area contributed by atoms with Crippen molar-refractivity contribution in [1.82, 2.24) is 19.9 Å². The first-order valence-corrected chi connectivity index (χ1v) is 9.49. The minimum absolute atomic E-state index is 0.0409. The van der Waals surface area contributed by atoms with Gasteiger partial charge in [-0.25, -0.2) is 0 Å². The van der Waals surface area contributed by atoms with E-state index < -0.39 is 0 Å². The van der Waals surface area contributed by atoms with Crippen LogP contribution in [0.25, 0.3) is 11.0 Å². The lowest BCUT2D eigenvalue weighted by molar-refractivity contribution is 0.0302. The van der Waals surface area contributed by atoms with Crippen LogP contribution in [0.5, 0.6) is 11.6 Å². The monoisotopic (exact) mass is 397 g/mol. The van der Waals surface area contributed by atoms with Crippen molar-refractivity contribution in [3.63, 3.8) is 0 Å². The van der Waals surface area contributed by atoms with Gasteiger partial charge in [0, 0.05) is 24.8 Å². The average Bonchev–Trinajstić information content (AvgIpc) is 3.23. The number of benzene rings is 1. The number of ether oxygens (including phenoxy) is 3. The van der Waals surface area contributed by atoms with Gasteiger partial charge in [0.05, 0.1) is 38.0 Å². The van der Waals surface area contributed by atoms with Gasteiger partial charge in [-0.2, -0.15) is 9.97 Å². The molecule has 1 aliphatic heterocycles. The molecule has 0 unspecified atom stereocenters. The molecule has 1 fully saturated rings. The Hall–Kier alpha value is -3.33. The highest BCUT2D eigenvalue weighted by Crippen LogP contribution is 2.30. The van der Waals surface area contributed by atoms with Crippen LogP contribution in [0.1, 0.15) is 17.3 Å². The number of fused-ring (bicyclic) bond motifs is 1. The Labute approximate surface area is 168 Å². The molecule has 9 heteroatoms. The van der Waals surface area contributed by atoms with Crippen LogP contribution >= 0.6 is 0 Å². The fourth-order valence-corrected chi connectivity index (χ4v) is 3.21. The summed E-state index contributed by atoms with van der Waals surface area (Å²) in [5.41, 5.74) is 1.88. The van der Waals surface area contributed by atoms with Gasteiger partial charge in [-0.15, -0.1) is 0 Å². The summed E-state index contributed by atoms with van der Waals surface area (Å²) >= 11 is 0. The summed E-state index contributed by atoms with van der Waals surface area (Å²) in [4.78, 5) is 26.5. The Kier molecular flexibility index (Phi) is 5.48. The number of methoxy groups -OCH3 is 1.